The van der Waals surface area contributed by atoms with E-state index in [2.05, 4.69) is 0 Å². The second kappa shape index (κ2) is 5.80. The number of ketones is 1. The fourth-order valence-electron chi connectivity index (χ4n) is 2.46. The molecule has 2 heteroatoms. The minimum atomic E-state index is 0.102. The summed E-state index contributed by atoms with van der Waals surface area (Å²) in [5.41, 5.74) is 4.03. The van der Waals surface area contributed by atoms with Gasteiger partial charge in [-0.05, 0) is 41.0 Å². The molecule has 0 radical (unpaired) electrons. The van der Waals surface area contributed by atoms with E-state index in [4.69, 9.17) is 4.74 Å². The van der Waals surface area contributed by atoms with E-state index in [9.17, 15) is 4.79 Å². The summed E-state index contributed by atoms with van der Waals surface area (Å²) in [6, 6.07) is 17.7. The lowest BCUT2D eigenvalue weighted by atomic mass is 10.0. The highest BCUT2D eigenvalue weighted by Crippen LogP contribution is 2.31. The van der Waals surface area contributed by atoms with Crippen LogP contribution >= 0.6 is 0 Å². The zero-order valence-electron chi connectivity index (χ0n) is 11.9. The van der Waals surface area contributed by atoms with Gasteiger partial charge in [0.15, 0.2) is 5.78 Å². The Labute approximate surface area is 124 Å². The average Bonchev–Trinajstić information content (AvgIpc) is 2.89. The second-order valence-corrected chi connectivity index (χ2v) is 5.02. The molecule has 0 atom stereocenters. The molecule has 0 fully saturated rings. The Morgan fingerprint density at radius 3 is 2.38 bits per heavy atom. The Kier molecular flexibility index (Phi) is 3.69. The fourth-order valence-corrected chi connectivity index (χ4v) is 2.46. The quantitative estimate of drug-likeness (QED) is 0.788. The van der Waals surface area contributed by atoms with E-state index in [0.29, 0.717) is 6.42 Å². The number of hydrogen-bond donors (Lipinski definition) is 0. The molecule has 0 unspecified atom stereocenters. The summed E-state index contributed by atoms with van der Waals surface area (Å²) in [5.74, 6) is 0.924. The van der Waals surface area contributed by atoms with Crippen LogP contribution in [0.15, 0.2) is 66.2 Å². The van der Waals surface area contributed by atoms with Crippen molar-refractivity contribution < 1.29 is 9.53 Å². The van der Waals surface area contributed by atoms with Gasteiger partial charge in [-0.25, -0.2) is 0 Å². The molecule has 2 aromatic carbocycles. The number of methoxy groups -OCH3 is 1. The summed E-state index contributed by atoms with van der Waals surface area (Å²) >= 11 is 0. The summed E-state index contributed by atoms with van der Waals surface area (Å²) in [6.45, 7) is 0. The molecule has 0 aromatic heterocycles. The Bertz CT molecular complexity index is 707. The molecule has 1 aliphatic carbocycles. The molecule has 3 rings (SSSR count). The van der Waals surface area contributed by atoms with Gasteiger partial charge in [0.2, 0.25) is 0 Å². The van der Waals surface area contributed by atoms with Crippen LogP contribution in [0, 0.1) is 0 Å². The van der Waals surface area contributed by atoms with Gasteiger partial charge < -0.3 is 4.74 Å². The van der Waals surface area contributed by atoms with Crippen molar-refractivity contribution in [2.45, 2.75) is 6.42 Å². The van der Waals surface area contributed by atoms with E-state index in [0.717, 1.165) is 28.0 Å². The Morgan fingerprint density at radius 1 is 1.00 bits per heavy atom. The molecule has 0 aliphatic heterocycles. The van der Waals surface area contributed by atoms with Crippen LogP contribution in [0.25, 0.3) is 11.6 Å². The number of ether oxygens (including phenoxy) is 1. The molecule has 2 nitrogen and oxygen atoms in total. The molecule has 2 aromatic rings. The standard InChI is InChI=1S/C19H16O2/c1-21-18-9-7-15(8-10-18)16-12-17(19(20)13-16)11-14-5-3-2-4-6-14/h2-11,13H,12H2,1H3. The third-order valence-corrected chi connectivity index (χ3v) is 3.60. The van der Waals surface area contributed by atoms with E-state index in [1.54, 1.807) is 13.2 Å². The van der Waals surface area contributed by atoms with Gasteiger partial charge in [0.05, 0.1) is 7.11 Å². The van der Waals surface area contributed by atoms with Gasteiger partial charge in [0.1, 0.15) is 5.75 Å². The molecule has 21 heavy (non-hydrogen) atoms. The summed E-state index contributed by atoms with van der Waals surface area (Å²) in [6.07, 6.45) is 4.38. The van der Waals surface area contributed by atoms with Crippen molar-refractivity contribution >= 4 is 17.4 Å². The number of carbonyl (C=O) groups is 1. The van der Waals surface area contributed by atoms with E-state index >= 15 is 0 Å². The largest absolute Gasteiger partial charge is 0.497 e. The summed E-state index contributed by atoms with van der Waals surface area (Å²) in [4.78, 5) is 12.1. The molecular weight excluding hydrogens is 260 g/mol. The van der Waals surface area contributed by atoms with Gasteiger partial charge in [-0.15, -0.1) is 0 Å². The fraction of sp³-hybridized carbons (Fsp3) is 0.105. The van der Waals surface area contributed by atoms with Crippen LogP contribution in [-0.2, 0) is 4.79 Å². The summed E-state index contributed by atoms with van der Waals surface area (Å²) in [7, 11) is 1.65. The first kappa shape index (κ1) is 13.4. The third kappa shape index (κ3) is 2.95. The van der Waals surface area contributed by atoms with Gasteiger partial charge in [-0.1, -0.05) is 42.5 Å². The first-order valence-electron chi connectivity index (χ1n) is 6.91. The van der Waals surface area contributed by atoms with Gasteiger partial charge in [-0.3, -0.25) is 4.79 Å². The van der Waals surface area contributed by atoms with Crippen LogP contribution in [-0.4, -0.2) is 12.9 Å². The van der Waals surface area contributed by atoms with Crippen LogP contribution in [0.2, 0.25) is 0 Å². The minimum absolute atomic E-state index is 0.102. The van der Waals surface area contributed by atoms with E-state index in [1.807, 2.05) is 60.7 Å². The van der Waals surface area contributed by atoms with Crippen molar-refractivity contribution in [1.82, 2.24) is 0 Å². The Balaban J connectivity index is 1.83. The van der Waals surface area contributed by atoms with Crippen molar-refractivity contribution in [3.05, 3.63) is 77.4 Å². The number of hydrogen-bond acceptors (Lipinski definition) is 2. The second-order valence-electron chi connectivity index (χ2n) is 5.02. The molecule has 104 valence electrons. The average molecular weight is 276 g/mol. The molecule has 0 amide bonds. The van der Waals surface area contributed by atoms with Gasteiger partial charge in [0, 0.05) is 12.0 Å². The predicted octanol–water partition coefficient (Wildman–Crippen LogP) is 4.14. The van der Waals surface area contributed by atoms with Gasteiger partial charge in [0.25, 0.3) is 0 Å². The maximum Gasteiger partial charge on any atom is 0.182 e. The highest BCUT2D eigenvalue weighted by molar-refractivity contribution is 6.16. The number of benzene rings is 2. The molecule has 0 heterocycles. The van der Waals surface area contributed by atoms with Crippen molar-refractivity contribution in [3.63, 3.8) is 0 Å². The lowest BCUT2D eigenvalue weighted by molar-refractivity contribution is -0.110. The van der Waals surface area contributed by atoms with Crippen LogP contribution in [0.5, 0.6) is 5.75 Å². The lowest BCUT2D eigenvalue weighted by Gasteiger charge is -2.04. The van der Waals surface area contributed by atoms with Crippen LogP contribution in [0.3, 0.4) is 0 Å². The maximum absolute atomic E-state index is 12.1. The Hall–Kier alpha value is -2.61. The Morgan fingerprint density at radius 2 is 1.71 bits per heavy atom. The SMILES string of the molecule is COc1ccc(C2=CC(=O)C(=Cc3ccccc3)C2)cc1. The van der Waals surface area contributed by atoms with Gasteiger partial charge in [-0.2, -0.15) is 0 Å². The molecule has 0 saturated heterocycles. The summed E-state index contributed by atoms with van der Waals surface area (Å²) < 4.78 is 5.16. The monoisotopic (exact) mass is 276 g/mol. The summed E-state index contributed by atoms with van der Waals surface area (Å²) in [5, 5.41) is 0. The van der Waals surface area contributed by atoms with Crippen molar-refractivity contribution in [1.29, 1.82) is 0 Å². The zero-order valence-corrected chi connectivity index (χ0v) is 11.9. The van der Waals surface area contributed by atoms with E-state index < -0.39 is 0 Å². The van der Waals surface area contributed by atoms with Crippen LogP contribution in [0.4, 0.5) is 0 Å². The van der Waals surface area contributed by atoms with Crippen molar-refractivity contribution in [2.24, 2.45) is 0 Å². The van der Waals surface area contributed by atoms with E-state index in [1.165, 1.54) is 0 Å². The number of carbonyl (C=O) groups excluding carboxylic acids is 1. The molecule has 0 saturated carbocycles. The van der Waals surface area contributed by atoms with Crippen molar-refractivity contribution in [3.8, 4) is 5.75 Å². The van der Waals surface area contributed by atoms with Crippen LogP contribution < -0.4 is 4.74 Å². The minimum Gasteiger partial charge on any atom is -0.497 e. The molecule has 0 N–H and O–H groups in total. The molecule has 0 bridgehead atoms. The predicted molar refractivity (Wildman–Crippen MR) is 85.0 cm³/mol. The highest BCUT2D eigenvalue weighted by Gasteiger charge is 2.19. The number of rotatable bonds is 3. The molecular formula is C19H16O2. The topological polar surface area (TPSA) is 26.3 Å². The lowest BCUT2D eigenvalue weighted by Crippen LogP contribution is -1.90. The van der Waals surface area contributed by atoms with E-state index in [-0.39, 0.29) is 5.78 Å². The van der Waals surface area contributed by atoms with Gasteiger partial charge >= 0.3 is 0 Å². The maximum atomic E-state index is 12.1. The van der Waals surface area contributed by atoms with Crippen molar-refractivity contribution in [2.75, 3.05) is 7.11 Å². The zero-order chi connectivity index (χ0) is 14.7. The number of allylic oxidation sites excluding steroid dienone is 3. The smallest absolute Gasteiger partial charge is 0.182 e. The molecule has 0 spiro atoms. The third-order valence-electron chi connectivity index (χ3n) is 3.60. The first-order chi connectivity index (χ1) is 10.3. The first-order valence-corrected chi connectivity index (χ1v) is 6.91. The highest BCUT2D eigenvalue weighted by atomic mass is 16.5. The van der Waals surface area contributed by atoms with Crippen LogP contribution in [0.1, 0.15) is 17.5 Å². The normalized spacial score (nSPS) is 16.1. The molecule has 1 aliphatic rings.